The van der Waals surface area contributed by atoms with Gasteiger partial charge in [0.05, 0.1) is 11.7 Å². The molecule has 1 aliphatic heterocycles. The fourth-order valence-corrected chi connectivity index (χ4v) is 2.30. The van der Waals surface area contributed by atoms with Crippen molar-refractivity contribution in [1.29, 1.82) is 0 Å². The zero-order valence-electron chi connectivity index (χ0n) is 10.8. The third kappa shape index (κ3) is 2.48. The number of nitrogens with zero attached hydrogens (tertiary/aromatic N) is 1. The average Bonchev–Trinajstić information content (AvgIpc) is 2.32. The van der Waals surface area contributed by atoms with E-state index in [0.29, 0.717) is 18.0 Å². The SMILES string of the molecule is CC(=O)c1ccc(N2CCC(C)C(O)C2)cc1O. The van der Waals surface area contributed by atoms with E-state index in [4.69, 9.17) is 0 Å². The second-order valence-corrected chi connectivity index (χ2v) is 5.04. The Kier molecular flexibility index (Phi) is 3.57. The maximum atomic E-state index is 11.2. The molecule has 0 amide bonds. The van der Waals surface area contributed by atoms with Crippen LogP contribution in [0.1, 0.15) is 30.6 Å². The monoisotopic (exact) mass is 249 g/mol. The topological polar surface area (TPSA) is 60.8 Å². The van der Waals surface area contributed by atoms with Gasteiger partial charge in [-0.3, -0.25) is 4.79 Å². The van der Waals surface area contributed by atoms with Crippen LogP contribution in [0.5, 0.6) is 5.75 Å². The Morgan fingerprint density at radius 3 is 2.72 bits per heavy atom. The molecule has 1 saturated heterocycles. The number of phenolic OH excluding ortho intramolecular Hbond substituents is 1. The number of piperidine rings is 1. The van der Waals surface area contributed by atoms with E-state index in [1.807, 2.05) is 17.9 Å². The number of rotatable bonds is 2. The molecular formula is C14H19NO3. The van der Waals surface area contributed by atoms with E-state index in [1.54, 1.807) is 12.1 Å². The summed E-state index contributed by atoms with van der Waals surface area (Å²) < 4.78 is 0. The third-order valence-electron chi connectivity index (χ3n) is 3.64. The summed E-state index contributed by atoms with van der Waals surface area (Å²) in [4.78, 5) is 13.3. The van der Waals surface area contributed by atoms with Crippen LogP contribution >= 0.6 is 0 Å². The molecule has 2 rings (SSSR count). The summed E-state index contributed by atoms with van der Waals surface area (Å²) in [5, 5.41) is 19.7. The van der Waals surface area contributed by atoms with E-state index >= 15 is 0 Å². The Morgan fingerprint density at radius 1 is 1.44 bits per heavy atom. The Bertz CT molecular complexity index is 458. The number of anilines is 1. The molecule has 0 spiro atoms. The van der Waals surface area contributed by atoms with Crippen LogP contribution in [0.25, 0.3) is 0 Å². The summed E-state index contributed by atoms with van der Waals surface area (Å²) in [5.74, 6) is 0.172. The number of hydrogen-bond donors (Lipinski definition) is 2. The van der Waals surface area contributed by atoms with Gasteiger partial charge in [0.15, 0.2) is 5.78 Å². The van der Waals surface area contributed by atoms with Crippen molar-refractivity contribution in [1.82, 2.24) is 0 Å². The molecule has 1 heterocycles. The lowest BCUT2D eigenvalue weighted by atomic mass is 9.95. The van der Waals surface area contributed by atoms with Crippen LogP contribution in [-0.2, 0) is 0 Å². The van der Waals surface area contributed by atoms with Gasteiger partial charge in [-0.2, -0.15) is 0 Å². The number of ketones is 1. The van der Waals surface area contributed by atoms with Gasteiger partial charge in [0, 0.05) is 24.8 Å². The van der Waals surface area contributed by atoms with Crippen molar-refractivity contribution in [3.63, 3.8) is 0 Å². The van der Waals surface area contributed by atoms with Gasteiger partial charge < -0.3 is 15.1 Å². The van der Waals surface area contributed by atoms with Gasteiger partial charge in [-0.15, -0.1) is 0 Å². The first-order chi connectivity index (χ1) is 8.49. The maximum absolute atomic E-state index is 11.2. The summed E-state index contributed by atoms with van der Waals surface area (Å²) in [7, 11) is 0. The number of carbonyl (C=O) groups is 1. The lowest BCUT2D eigenvalue weighted by Gasteiger charge is -2.35. The number of β-amino-alcohol motifs (C(OH)–C–C–N with tert-alkyl or cyclic N) is 1. The van der Waals surface area contributed by atoms with Gasteiger partial charge in [-0.1, -0.05) is 6.92 Å². The normalized spacial score (nSPS) is 24.1. The second-order valence-electron chi connectivity index (χ2n) is 5.04. The average molecular weight is 249 g/mol. The fourth-order valence-electron chi connectivity index (χ4n) is 2.30. The summed E-state index contributed by atoms with van der Waals surface area (Å²) in [6.07, 6.45) is 0.588. The summed E-state index contributed by atoms with van der Waals surface area (Å²) in [5.41, 5.74) is 1.19. The molecule has 1 aliphatic rings. The number of benzene rings is 1. The van der Waals surface area contributed by atoms with E-state index in [2.05, 4.69) is 0 Å². The van der Waals surface area contributed by atoms with Crippen LogP contribution in [0, 0.1) is 5.92 Å². The Balaban J connectivity index is 2.19. The molecule has 2 N–H and O–H groups in total. The van der Waals surface area contributed by atoms with Crippen molar-refractivity contribution in [3.05, 3.63) is 23.8 Å². The first-order valence-corrected chi connectivity index (χ1v) is 6.26. The summed E-state index contributed by atoms with van der Waals surface area (Å²) >= 11 is 0. The minimum absolute atomic E-state index is 0.00751. The van der Waals surface area contributed by atoms with Crippen molar-refractivity contribution in [2.75, 3.05) is 18.0 Å². The van der Waals surface area contributed by atoms with Gasteiger partial charge in [-0.25, -0.2) is 0 Å². The van der Waals surface area contributed by atoms with Gasteiger partial charge >= 0.3 is 0 Å². The quantitative estimate of drug-likeness (QED) is 0.785. The van der Waals surface area contributed by atoms with Crippen molar-refractivity contribution >= 4 is 11.5 Å². The van der Waals surface area contributed by atoms with Crippen LogP contribution in [0.2, 0.25) is 0 Å². The first kappa shape index (κ1) is 12.9. The Labute approximate surface area is 107 Å². The molecule has 4 nitrogen and oxygen atoms in total. The number of hydrogen-bond acceptors (Lipinski definition) is 4. The number of phenols is 1. The number of aliphatic hydroxyl groups is 1. The molecule has 0 bridgehead atoms. The molecule has 2 unspecified atom stereocenters. The highest BCUT2D eigenvalue weighted by atomic mass is 16.3. The minimum atomic E-state index is -0.339. The highest BCUT2D eigenvalue weighted by molar-refractivity contribution is 5.97. The third-order valence-corrected chi connectivity index (χ3v) is 3.64. The molecular weight excluding hydrogens is 230 g/mol. The predicted molar refractivity (Wildman–Crippen MR) is 70.1 cm³/mol. The number of Topliss-reactive ketones (excluding diaryl/α,β-unsaturated/α-hetero) is 1. The van der Waals surface area contributed by atoms with Gasteiger partial charge in [0.2, 0.25) is 0 Å². The standard InChI is InChI=1S/C14H19NO3/c1-9-5-6-15(8-14(9)18)11-3-4-12(10(2)16)13(17)7-11/h3-4,7,9,14,17-18H,5-6,8H2,1-2H3. The van der Waals surface area contributed by atoms with E-state index in [1.165, 1.54) is 6.92 Å². The lowest BCUT2D eigenvalue weighted by Crippen LogP contribution is -2.42. The summed E-state index contributed by atoms with van der Waals surface area (Å²) in [6, 6.07) is 5.05. The van der Waals surface area contributed by atoms with E-state index < -0.39 is 0 Å². The molecule has 1 fully saturated rings. The number of carbonyl (C=O) groups excluding carboxylic acids is 1. The summed E-state index contributed by atoms with van der Waals surface area (Å²) in [6.45, 7) is 4.90. The molecule has 0 radical (unpaired) electrons. The zero-order valence-corrected chi connectivity index (χ0v) is 10.8. The molecule has 1 aromatic carbocycles. The van der Waals surface area contributed by atoms with Crippen molar-refractivity contribution < 1.29 is 15.0 Å². The van der Waals surface area contributed by atoms with Crippen molar-refractivity contribution in [2.45, 2.75) is 26.4 Å². The van der Waals surface area contributed by atoms with Crippen molar-refractivity contribution in [2.24, 2.45) is 5.92 Å². The Hall–Kier alpha value is -1.55. The molecule has 1 aromatic rings. The first-order valence-electron chi connectivity index (χ1n) is 6.26. The molecule has 18 heavy (non-hydrogen) atoms. The van der Waals surface area contributed by atoms with Crippen molar-refractivity contribution in [3.8, 4) is 5.75 Å². The highest BCUT2D eigenvalue weighted by Crippen LogP contribution is 2.28. The smallest absolute Gasteiger partial charge is 0.163 e. The van der Waals surface area contributed by atoms with E-state index in [9.17, 15) is 15.0 Å². The maximum Gasteiger partial charge on any atom is 0.163 e. The lowest BCUT2D eigenvalue weighted by molar-refractivity contribution is 0.101. The zero-order chi connectivity index (χ0) is 13.3. The second kappa shape index (κ2) is 4.98. The molecule has 0 aromatic heterocycles. The molecule has 4 heteroatoms. The van der Waals surface area contributed by atoms with Crippen LogP contribution < -0.4 is 4.90 Å². The molecule has 0 aliphatic carbocycles. The van der Waals surface area contributed by atoms with E-state index in [-0.39, 0.29) is 17.6 Å². The highest BCUT2D eigenvalue weighted by Gasteiger charge is 2.24. The molecule has 0 saturated carbocycles. The van der Waals surface area contributed by atoms with Crippen LogP contribution in [0.15, 0.2) is 18.2 Å². The largest absolute Gasteiger partial charge is 0.507 e. The van der Waals surface area contributed by atoms with Crippen LogP contribution in [0.3, 0.4) is 0 Å². The number of aromatic hydroxyl groups is 1. The van der Waals surface area contributed by atoms with Crippen LogP contribution in [-0.4, -0.2) is 35.2 Å². The molecule has 2 atom stereocenters. The van der Waals surface area contributed by atoms with Crippen LogP contribution in [0.4, 0.5) is 5.69 Å². The predicted octanol–water partition coefficient (Wildman–Crippen LogP) is 1.80. The van der Waals surface area contributed by atoms with Gasteiger partial charge in [-0.05, 0) is 31.4 Å². The fraction of sp³-hybridized carbons (Fsp3) is 0.500. The Morgan fingerprint density at radius 2 is 2.17 bits per heavy atom. The van der Waals surface area contributed by atoms with Gasteiger partial charge in [0.25, 0.3) is 0 Å². The number of aliphatic hydroxyl groups excluding tert-OH is 1. The van der Waals surface area contributed by atoms with Gasteiger partial charge in [0.1, 0.15) is 5.75 Å². The molecule has 98 valence electrons. The van der Waals surface area contributed by atoms with E-state index in [0.717, 1.165) is 18.7 Å². The minimum Gasteiger partial charge on any atom is -0.507 e.